The maximum atomic E-state index is 10.5. The van der Waals surface area contributed by atoms with Crippen LogP contribution in [0.1, 0.15) is 6.92 Å². The minimum atomic E-state index is -0.451. The SMILES string of the molecule is C=COC(=O)COC=CC. The Balaban J connectivity index is 3.30. The van der Waals surface area contributed by atoms with E-state index in [1.807, 2.05) is 0 Å². The number of esters is 1. The van der Waals surface area contributed by atoms with E-state index in [-0.39, 0.29) is 6.61 Å². The molecule has 0 spiro atoms. The summed E-state index contributed by atoms with van der Waals surface area (Å²) in [4.78, 5) is 10.5. The van der Waals surface area contributed by atoms with E-state index in [9.17, 15) is 4.79 Å². The van der Waals surface area contributed by atoms with Gasteiger partial charge in [0.15, 0.2) is 6.61 Å². The largest absolute Gasteiger partial charge is 0.490 e. The minimum Gasteiger partial charge on any atom is -0.490 e. The summed E-state index contributed by atoms with van der Waals surface area (Å²) in [6, 6.07) is 0. The van der Waals surface area contributed by atoms with Crippen molar-refractivity contribution in [3.05, 3.63) is 25.2 Å². The molecule has 0 aliphatic carbocycles. The maximum Gasteiger partial charge on any atom is 0.348 e. The monoisotopic (exact) mass is 142 g/mol. The van der Waals surface area contributed by atoms with Gasteiger partial charge in [0.05, 0.1) is 12.5 Å². The Morgan fingerprint density at radius 3 is 2.90 bits per heavy atom. The summed E-state index contributed by atoms with van der Waals surface area (Å²) < 4.78 is 9.05. The van der Waals surface area contributed by atoms with Gasteiger partial charge in [0, 0.05) is 0 Å². The van der Waals surface area contributed by atoms with Crippen molar-refractivity contribution in [1.82, 2.24) is 0 Å². The van der Waals surface area contributed by atoms with E-state index in [4.69, 9.17) is 4.74 Å². The zero-order valence-electron chi connectivity index (χ0n) is 5.87. The predicted octanol–water partition coefficient (Wildman–Crippen LogP) is 1.22. The molecular weight excluding hydrogens is 132 g/mol. The van der Waals surface area contributed by atoms with Crippen molar-refractivity contribution in [2.45, 2.75) is 6.92 Å². The zero-order chi connectivity index (χ0) is 7.82. The molecule has 0 aliphatic heterocycles. The molecule has 0 fully saturated rings. The van der Waals surface area contributed by atoms with Crippen molar-refractivity contribution in [1.29, 1.82) is 0 Å². The number of carbonyl (C=O) groups excluding carboxylic acids is 1. The van der Waals surface area contributed by atoms with Crippen LogP contribution in [0.25, 0.3) is 0 Å². The molecule has 0 amide bonds. The average Bonchev–Trinajstić information content (AvgIpc) is 1.89. The predicted molar refractivity (Wildman–Crippen MR) is 37.1 cm³/mol. The summed E-state index contributed by atoms with van der Waals surface area (Å²) >= 11 is 0. The number of hydrogen-bond acceptors (Lipinski definition) is 3. The number of carbonyl (C=O) groups is 1. The molecule has 0 heterocycles. The molecule has 0 aliphatic rings. The number of hydrogen-bond donors (Lipinski definition) is 0. The average molecular weight is 142 g/mol. The highest BCUT2D eigenvalue weighted by Gasteiger charge is 1.96. The van der Waals surface area contributed by atoms with E-state index in [1.54, 1.807) is 13.0 Å². The van der Waals surface area contributed by atoms with E-state index in [0.717, 1.165) is 6.26 Å². The molecule has 10 heavy (non-hydrogen) atoms. The van der Waals surface area contributed by atoms with Crippen molar-refractivity contribution >= 4 is 5.97 Å². The fourth-order valence-corrected chi connectivity index (χ4v) is 0.339. The molecule has 0 unspecified atom stereocenters. The number of rotatable bonds is 4. The van der Waals surface area contributed by atoms with Gasteiger partial charge in [-0.15, -0.1) is 0 Å². The van der Waals surface area contributed by atoms with Gasteiger partial charge < -0.3 is 9.47 Å². The molecule has 0 bridgehead atoms. The fraction of sp³-hybridized carbons (Fsp3) is 0.286. The van der Waals surface area contributed by atoms with Gasteiger partial charge in [0.25, 0.3) is 0 Å². The van der Waals surface area contributed by atoms with Crippen molar-refractivity contribution in [2.24, 2.45) is 0 Å². The van der Waals surface area contributed by atoms with Gasteiger partial charge in [0.1, 0.15) is 0 Å². The van der Waals surface area contributed by atoms with Gasteiger partial charge in [-0.1, -0.05) is 12.7 Å². The molecule has 3 nitrogen and oxygen atoms in total. The Bertz CT molecular complexity index is 138. The van der Waals surface area contributed by atoms with Crippen LogP contribution in [0.15, 0.2) is 25.2 Å². The topological polar surface area (TPSA) is 35.5 Å². The lowest BCUT2D eigenvalue weighted by Crippen LogP contribution is -2.06. The second-order valence-electron chi connectivity index (χ2n) is 1.44. The molecule has 0 N–H and O–H groups in total. The Morgan fingerprint density at radius 2 is 2.40 bits per heavy atom. The molecule has 0 aromatic carbocycles. The van der Waals surface area contributed by atoms with Crippen LogP contribution in [-0.4, -0.2) is 12.6 Å². The molecule has 0 rings (SSSR count). The third-order valence-electron chi connectivity index (χ3n) is 0.648. The van der Waals surface area contributed by atoms with Crippen LogP contribution in [0, 0.1) is 0 Å². The van der Waals surface area contributed by atoms with E-state index in [0.29, 0.717) is 0 Å². The van der Waals surface area contributed by atoms with Gasteiger partial charge in [0.2, 0.25) is 0 Å². The first-order valence-electron chi connectivity index (χ1n) is 2.84. The second-order valence-corrected chi connectivity index (χ2v) is 1.44. The highest BCUT2D eigenvalue weighted by molar-refractivity contribution is 5.71. The molecule has 0 aromatic heterocycles. The van der Waals surface area contributed by atoms with E-state index < -0.39 is 5.97 Å². The first kappa shape index (κ1) is 8.75. The number of allylic oxidation sites excluding steroid dienone is 1. The Labute approximate surface area is 59.9 Å². The van der Waals surface area contributed by atoms with Crippen LogP contribution < -0.4 is 0 Å². The van der Waals surface area contributed by atoms with Gasteiger partial charge in [-0.25, -0.2) is 4.79 Å². The Hall–Kier alpha value is -1.25. The lowest BCUT2D eigenvalue weighted by Gasteiger charge is -1.96. The lowest BCUT2D eigenvalue weighted by atomic mass is 10.7. The van der Waals surface area contributed by atoms with Gasteiger partial charge in [-0.3, -0.25) is 0 Å². The summed E-state index contributed by atoms with van der Waals surface area (Å²) in [5.74, 6) is -0.451. The maximum absolute atomic E-state index is 10.5. The van der Waals surface area contributed by atoms with Gasteiger partial charge in [-0.05, 0) is 6.92 Å². The van der Waals surface area contributed by atoms with Crippen molar-refractivity contribution in [2.75, 3.05) is 6.61 Å². The van der Waals surface area contributed by atoms with Crippen LogP contribution in [0.4, 0.5) is 0 Å². The molecule has 3 heteroatoms. The zero-order valence-corrected chi connectivity index (χ0v) is 5.87. The van der Waals surface area contributed by atoms with Gasteiger partial charge >= 0.3 is 5.97 Å². The van der Waals surface area contributed by atoms with Crippen LogP contribution in [0.5, 0.6) is 0 Å². The van der Waals surface area contributed by atoms with Crippen molar-refractivity contribution < 1.29 is 14.3 Å². The summed E-state index contributed by atoms with van der Waals surface area (Å²) in [5, 5.41) is 0. The molecule has 0 saturated carbocycles. The molecule has 0 saturated heterocycles. The molecular formula is C7H10O3. The minimum absolute atomic E-state index is 0.0731. The van der Waals surface area contributed by atoms with E-state index in [1.165, 1.54) is 6.26 Å². The fourth-order valence-electron chi connectivity index (χ4n) is 0.339. The molecule has 0 aromatic rings. The molecule has 0 radical (unpaired) electrons. The normalized spacial score (nSPS) is 9.30. The smallest absolute Gasteiger partial charge is 0.348 e. The first-order chi connectivity index (χ1) is 4.81. The standard InChI is InChI=1S/C7H10O3/c1-3-5-9-6-7(8)10-4-2/h3-5H,2,6H2,1H3. The van der Waals surface area contributed by atoms with Crippen molar-refractivity contribution in [3.8, 4) is 0 Å². The summed E-state index contributed by atoms with van der Waals surface area (Å²) in [7, 11) is 0. The van der Waals surface area contributed by atoms with Gasteiger partial charge in [-0.2, -0.15) is 0 Å². The summed E-state index contributed by atoms with van der Waals surface area (Å²) in [6.45, 7) is 4.93. The van der Waals surface area contributed by atoms with E-state index in [2.05, 4.69) is 11.3 Å². The van der Waals surface area contributed by atoms with Crippen LogP contribution in [-0.2, 0) is 14.3 Å². The van der Waals surface area contributed by atoms with Crippen LogP contribution in [0.3, 0.4) is 0 Å². The van der Waals surface area contributed by atoms with Crippen molar-refractivity contribution in [3.63, 3.8) is 0 Å². The quantitative estimate of drug-likeness (QED) is 0.437. The van der Waals surface area contributed by atoms with E-state index >= 15 is 0 Å². The summed E-state index contributed by atoms with van der Waals surface area (Å²) in [6.07, 6.45) is 4.17. The third-order valence-corrected chi connectivity index (χ3v) is 0.648. The Morgan fingerprint density at radius 1 is 1.70 bits per heavy atom. The Kier molecular flexibility index (Phi) is 5.14. The molecule has 56 valence electrons. The summed E-state index contributed by atoms with van der Waals surface area (Å²) in [5.41, 5.74) is 0. The third kappa shape index (κ3) is 4.90. The molecule has 0 atom stereocenters. The highest BCUT2D eigenvalue weighted by Crippen LogP contribution is 1.82. The van der Waals surface area contributed by atoms with Crippen LogP contribution in [0.2, 0.25) is 0 Å². The second kappa shape index (κ2) is 5.88. The first-order valence-corrected chi connectivity index (χ1v) is 2.84. The lowest BCUT2D eigenvalue weighted by molar-refractivity contribution is -0.141. The van der Waals surface area contributed by atoms with Crippen LogP contribution >= 0.6 is 0 Å². The highest BCUT2D eigenvalue weighted by atomic mass is 16.6. The number of ether oxygens (including phenoxy) is 2.